The third kappa shape index (κ3) is 3.99. The number of hydrogen-bond acceptors (Lipinski definition) is 3. The molecule has 1 amide bonds. The number of aromatic nitrogens is 2. The maximum atomic E-state index is 12.9. The van der Waals surface area contributed by atoms with E-state index in [1.54, 1.807) is 0 Å². The van der Waals surface area contributed by atoms with Crippen LogP contribution in [0.5, 0.6) is 0 Å². The third-order valence-corrected chi connectivity index (χ3v) is 5.13. The highest BCUT2D eigenvalue weighted by molar-refractivity contribution is 9.10. The molecule has 0 saturated carbocycles. The molecule has 0 aliphatic rings. The van der Waals surface area contributed by atoms with Gasteiger partial charge >= 0.3 is 0 Å². The molecule has 2 aromatic heterocycles. The second-order valence-electron chi connectivity index (χ2n) is 7.09. The largest absolute Gasteiger partial charge is 0.385 e. The number of carbonyl (C=O) groups excluding carboxylic acids is 1. The number of H-pyrrole nitrogens is 1. The summed E-state index contributed by atoms with van der Waals surface area (Å²) in [7, 11) is 0. The van der Waals surface area contributed by atoms with Crippen LogP contribution in [0.15, 0.2) is 39.7 Å². The van der Waals surface area contributed by atoms with Crippen LogP contribution in [0.4, 0.5) is 5.69 Å². The molecule has 0 fully saturated rings. The van der Waals surface area contributed by atoms with Crippen molar-refractivity contribution in [1.82, 2.24) is 14.9 Å². The van der Waals surface area contributed by atoms with Crippen molar-refractivity contribution in [1.29, 1.82) is 0 Å². The first-order valence-corrected chi connectivity index (χ1v) is 10.2. The van der Waals surface area contributed by atoms with Gasteiger partial charge in [-0.1, -0.05) is 15.9 Å². The first-order chi connectivity index (χ1) is 13.3. The van der Waals surface area contributed by atoms with E-state index in [1.165, 1.54) is 0 Å². The number of fused-ring (bicyclic) bond motifs is 1. The zero-order valence-corrected chi connectivity index (χ0v) is 18.1. The molecule has 0 saturated heterocycles. The van der Waals surface area contributed by atoms with Crippen LogP contribution in [0.2, 0.25) is 0 Å². The molecule has 0 radical (unpaired) electrons. The quantitative estimate of drug-likeness (QED) is 0.528. The summed E-state index contributed by atoms with van der Waals surface area (Å²) >= 11 is 3.51. The number of rotatable bonds is 6. The molecular weight excluding hydrogens is 420 g/mol. The van der Waals surface area contributed by atoms with Crippen LogP contribution in [0, 0.1) is 6.92 Å². The first kappa shape index (κ1) is 20.2. The molecule has 0 aliphatic heterocycles. The molecule has 0 aliphatic carbocycles. The van der Waals surface area contributed by atoms with Gasteiger partial charge in [-0.25, -0.2) is 0 Å². The lowest BCUT2D eigenvalue weighted by molar-refractivity contribution is 0.0952. The highest BCUT2D eigenvalue weighted by atomic mass is 79.9. The van der Waals surface area contributed by atoms with Gasteiger partial charge in [-0.05, 0) is 52.0 Å². The van der Waals surface area contributed by atoms with Crippen LogP contribution in [0.1, 0.15) is 48.4 Å². The van der Waals surface area contributed by atoms with Crippen molar-refractivity contribution >= 4 is 38.4 Å². The van der Waals surface area contributed by atoms with Gasteiger partial charge in [-0.2, -0.15) is 0 Å². The van der Waals surface area contributed by atoms with Crippen LogP contribution >= 0.6 is 15.9 Å². The Bertz CT molecular complexity index is 1080. The van der Waals surface area contributed by atoms with Gasteiger partial charge in [-0.3, -0.25) is 9.59 Å². The normalized spacial score (nSPS) is 11.2. The number of pyridine rings is 1. The van der Waals surface area contributed by atoms with Gasteiger partial charge in [-0.15, -0.1) is 0 Å². The number of halogens is 1. The number of carbonyl (C=O) groups is 1. The number of nitrogens with one attached hydrogen (secondary N) is 3. The minimum absolute atomic E-state index is 0.148. The van der Waals surface area contributed by atoms with E-state index in [4.69, 9.17) is 0 Å². The summed E-state index contributed by atoms with van der Waals surface area (Å²) < 4.78 is 2.97. The monoisotopic (exact) mass is 444 g/mol. The fourth-order valence-electron chi connectivity index (χ4n) is 3.37. The van der Waals surface area contributed by atoms with Crippen LogP contribution < -0.4 is 16.2 Å². The number of aryl methyl sites for hydroxylation is 1. The van der Waals surface area contributed by atoms with Crippen LogP contribution in [-0.4, -0.2) is 22.0 Å². The zero-order valence-electron chi connectivity index (χ0n) is 16.5. The molecule has 0 unspecified atom stereocenters. The van der Waals surface area contributed by atoms with Gasteiger partial charge in [0, 0.05) is 45.6 Å². The smallest absolute Gasteiger partial charge is 0.255 e. The molecule has 148 valence electrons. The Morgan fingerprint density at radius 2 is 2.04 bits per heavy atom. The highest BCUT2D eigenvalue weighted by Gasteiger charge is 2.16. The van der Waals surface area contributed by atoms with Gasteiger partial charge in [0.2, 0.25) is 0 Å². The molecule has 28 heavy (non-hydrogen) atoms. The molecule has 2 heterocycles. The Balaban J connectivity index is 1.92. The van der Waals surface area contributed by atoms with E-state index in [-0.39, 0.29) is 24.1 Å². The molecule has 0 spiro atoms. The summed E-state index contributed by atoms with van der Waals surface area (Å²) in [5.41, 5.74) is 3.43. The van der Waals surface area contributed by atoms with E-state index < -0.39 is 0 Å². The Kier molecular flexibility index (Phi) is 5.93. The SMILES string of the molecule is CCNc1cc(C)[nH]c(=O)c1CNC(=O)c1cc(Br)cc2c1ccn2C(C)C. The first-order valence-electron chi connectivity index (χ1n) is 9.36. The Morgan fingerprint density at radius 1 is 1.29 bits per heavy atom. The average molecular weight is 445 g/mol. The third-order valence-electron chi connectivity index (χ3n) is 4.67. The van der Waals surface area contributed by atoms with E-state index in [2.05, 4.69) is 50.0 Å². The summed E-state index contributed by atoms with van der Waals surface area (Å²) in [5.74, 6) is -0.213. The molecule has 7 heteroatoms. The van der Waals surface area contributed by atoms with Crippen molar-refractivity contribution in [3.63, 3.8) is 0 Å². The molecule has 1 aromatic carbocycles. The molecular formula is C21H25BrN4O2. The zero-order chi connectivity index (χ0) is 20.4. The predicted octanol–water partition coefficient (Wildman–Crippen LogP) is 4.34. The van der Waals surface area contributed by atoms with Crippen molar-refractivity contribution < 1.29 is 4.79 Å². The standard InChI is InChI=1S/C21H25BrN4O2/c1-5-23-18-8-13(4)25-21(28)17(18)11-24-20(27)16-9-14(22)10-19-15(16)6-7-26(19)12(2)3/h6-10,12H,5,11H2,1-4H3,(H,24,27)(H2,23,25,28). The van der Waals surface area contributed by atoms with E-state index >= 15 is 0 Å². The van der Waals surface area contributed by atoms with E-state index in [0.717, 1.165) is 26.8 Å². The summed E-state index contributed by atoms with van der Waals surface area (Å²) in [6.45, 7) is 8.85. The molecule has 0 atom stereocenters. The van der Waals surface area contributed by atoms with Crippen LogP contribution in [0.3, 0.4) is 0 Å². The average Bonchev–Trinajstić information content (AvgIpc) is 3.04. The number of hydrogen-bond donors (Lipinski definition) is 3. The number of benzene rings is 1. The molecule has 0 bridgehead atoms. The summed E-state index contributed by atoms with van der Waals surface area (Å²) in [6.07, 6.45) is 1.99. The number of amides is 1. The summed E-state index contributed by atoms with van der Waals surface area (Å²) in [6, 6.07) is 7.95. The maximum Gasteiger partial charge on any atom is 0.255 e. The number of anilines is 1. The Labute approximate surface area is 172 Å². The van der Waals surface area contributed by atoms with Crippen molar-refractivity contribution in [3.8, 4) is 0 Å². The minimum Gasteiger partial charge on any atom is -0.385 e. The lowest BCUT2D eigenvalue weighted by Crippen LogP contribution is -2.28. The Morgan fingerprint density at radius 3 is 2.71 bits per heavy atom. The van der Waals surface area contributed by atoms with Crippen molar-refractivity contribution in [2.75, 3.05) is 11.9 Å². The summed E-state index contributed by atoms with van der Waals surface area (Å²) in [4.78, 5) is 28.1. The molecule has 3 aromatic rings. The molecule has 3 rings (SSSR count). The molecule has 3 N–H and O–H groups in total. The summed E-state index contributed by atoms with van der Waals surface area (Å²) in [5, 5.41) is 6.98. The van der Waals surface area contributed by atoms with E-state index in [0.29, 0.717) is 17.7 Å². The predicted molar refractivity (Wildman–Crippen MR) is 117 cm³/mol. The fraction of sp³-hybridized carbons (Fsp3) is 0.333. The van der Waals surface area contributed by atoms with Crippen molar-refractivity contribution in [3.05, 3.63) is 62.1 Å². The van der Waals surface area contributed by atoms with Gasteiger partial charge < -0.3 is 20.2 Å². The maximum absolute atomic E-state index is 12.9. The minimum atomic E-state index is -0.213. The van der Waals surface area contributed by atoms with E-state index in [9.17, 15) is 9.59 Å². The lowest BCUT2D eigenvalue weighted by Gasteiger charge is -2.13. The van der Waals surface area contributed by atoms with Gasteiger partial charge in [0.1, 0.15) is 0 Å². The number of aromatic amines is 1. The highest BCUT2D eigenvalue weighted by Crippen LogP contribution is 2.28. The van der Waals surface area contributed by atoms with Crippen LogP contribution in [0.25, 0.3) is 10.9 Å². The Hall–Kier alpha value is -2.54. The number of nitrogens with zero attached hydrogens (tertiary/aromatic N) is 1. The van der Waals surface area contributed by atoms with E-state index in [1.807, 2.05) is 44.3 Å². The van der Waals surface area contributed by atoms with Gasteiger partial charge in [0.25, 0.3) is 11.5 Å². The van der Waals surface area contributed by atoms with Crippen LogP contribution in [-0.2, 0) is 6.54 Å². The fourth-order valence-corrected chi connectivity index (χ4v) is 3.82. The van der Waals surface area contributed by atoms with Crippen molar-refractivity contribution in [2.24, 2.45) is 0 Å². The second-order valence-corrected chi connectivity index (χ2v) is 8.01. The topological polar surface area (TPSA) is 78.9 Å². The lowest BCUT2D eigenvalue weighted by atomic mass is 10.1. The van der Waals surface area contributed by atoms with Gasteiger partial charge in [0.05, 0.1) is 17.6 Å². The van der Waals surface area contributed by atoms with Crippen molar-refractivity contribution in [2.45, 2.75) is 40.3 Å². The van der Waals surface area contributed by atoms with Gasteiger partial charge in [0.15, 0.2) is 0 Å². The molecule has 6 nitrogen and oxygen atoms in total. The second kappa shape index (κ2) is 8.22.